The first kappa shape index (κ1) is 20.4. The van der Waals surface area contributed by atoms with Crippen molar-refractivity contribution in [2.45, 2.75) is 38.6 Å². The van der Waals surface area contributed by atoms with Gasteiger partial charge in [-0.2, -0.15) is 5.26 Å². The summed E-state index contributed by atoms with van der Waals surface area (Å²) in [7, 11) is 0. The van der Waals surface area contributed by atoms with Gasteiger partial charge in [0, 0.05) is 38.9 Å². The van der Waals surface area contributed by atoms with E-state index in [0.717, 1.165) is 44.6 Å². The van der Waals surface area contributed by atoms with Crippen molar-refractivity contribution in [3.63, 3.8) is 0 Å². The Bertz CT molecular complexity index is 760. The molecular weight excluding hydrogens is 352 g/mol. The maximum absolute atomic E-state index is 12.6. The first-order valence-electron chi connectivity index (χ1n) is 10.2. The molecule has 6 heteroatoms. The molecule has 0 bridgehead atoms. The molecule has 1 amide bonds. The number of nitriles is 1. The minimum absolute atomic E-state index is 0.139. The van der Waals surface area contributed by atoms with Crippen LogP contribution in [0, 0.1) is 11.3 Å². The van der Waals surface area contributed by atoms with Crippen molar-refractivity contribution in [3.05, 3.63) is 46.7 Å². The molecule has 1 aliphatic heterocycles. The Labute approximate surface area is 167 Å². The standard InChI is InChI=1S/C22H30N4O2/c1-17(19-7-6-18-4-2-3-5-20(18)14-19)24-22(28)21(15-23)16-26-10-8-25(9-11-26)12-13-27/h6-7,14,16-17,27H,2-5,8-13H2,1H3,(H,24,28)/b21-16-. The highest BCUT2D eigenvalue weighted by Gasteiger charge is 2.19. The molecule has 1 atom stereocenters. The zero-order valence-corrected chi connectivity index (χ0v) is 16.7. The summed E-state index contributed by atoms with van der Waals surface area (Å²) in [5, 5.41) is 21.4. The number of hydrogen-bond acceptors (Lipinski definition) is 5. The molecule has 0 saturated carbocycles. The van der Waals surface area contributed by atoms with Crippen molar-refractivity contribution in [3.8, 4) is 6.07 Å². The van der Waals surface area contributed by atoms with Gasteiger partial charge in [-0.15, -0.1) is 0 Å². The summed E-state index contributed by atoms with van der Waals surface area (Å²) in [5.74, 6) is -0.328. The van der Waals surface area contributed by atoms with Crippen LogP contribution in [0.1, 0.15) is 42.5 Å². The lowest BCUT2D eigenvalue weighted by Crippen LogP contribution is -2.45. The van der Waals surface area contributed by atoms with E-state index in [2.05, 4.69) is 28.4 Å². The number of nitrogens with zero attached hydrogens (tertiary/aromatic N) is 3. The Morgan fingerprint density at radius 3 is 2.64 bits per heavy atom. The molecule has 28 heavy (non-hydrogen) atoms. The molecule has 1 fully saturated rings. The van der Waals surface area contributed by atoms with Crippen LogP contribution in [0.4, 0.5) is 0 Å². The second-order valence-corrected chi connectivity index (χ2v) is 7.69. The smallest absolute Gasteiger partial charge is 0.263 e. The van der Waals surface area contributed by atoms with Crippen LogP contribution in [0.5, 0.6) is 0 Å². The highest BCUT2D eigenvalue weighted by Crippen LogP contribution is 2.25. The van der Waals surface area contributed by atoms with E-state index < -0.39 is 0 Å². The second-order valence-electron chi connectivity index (χ2n) is 7.69. The number of aryl methyl sites for hydroxylation is 2. The number of β-amino-alcohol motifs (C(OH)–C–C–N with tert-alkyl or cyclic N) is 1. The first-order valence-corrected chi connectivity index (χ1v) is 10.2. The molecule has 150 valence electrons. The molecule has 1 aromatic rings. The molecule has 1 heterocycles. The molecule has 2 N–H and O–H groups in total. The van der Waals surface area contributed by atoms with Crippen LogP contribution in [-0.2, 0) is 17.6 Å². The van der Waals surface area contributed by atoms with Gasteiger partial charge in [0.1, 0.15) is 11.6 Å². The summed E-state index contributed by atoms with van der Waals surface area (Å²) in [6.07, 6.45) is 6.40. The van der Waals surface area contributed by atoms with Gasteiger partial charge in [-0.25, -0.2) is 0 Å². The minimum atomic E-state index is -0.328. The third-order valence-electron chi connectivity index (χ3n) is 5.72. The van der Waals surface area contributed by atoms with Crippen LogP contribution < -0.4 is 5.32 Å². The average Bonchev–Trinajstić information content (AvgIpc) is 2.72. The monoisotopic (exact) mass is 382 g/mol. The average molecular weight is 383 g/mol. The quantitative estimate of drug-likeness (QED) is 0.579. The lowest BCUT2D eigenvalue weighted by atomic mass is 9.89. The van der Waals surface area contributed by atoms with Crippen molar-refractivity contribution in [2.24, 2.45) is 0 Å². The van der Waals surface area contributed by atoms with Gasteiger partial charge < -0.3 is 15.3 Å². The number of benzene rings is 1. The zero-order valence-electron chi connectivity index (χ0n) is 16.7. The maximum Gasteiger partial charge on any atom is 0.263 e. The Morgan fingerprint density at radius 1 is 1.25 bits per heavy atom. The van der Waals surface area contributed by atoms with E-state index in [1.54, 1.807) is 6.20 Å². The molecule has 0 aromatic heterocycles. The summed E-state index contributed by atoms with van der Waals surface area (Å²) < 4.78 is 0. The van der Waals surface area contributed by atoms with E-state index in [0.29, 0.717) is 6.54 Å². The lowest BCUT2D eigenvalue weighted by molar-refractivity contribution is -0.117. The van der Waals surface area contributed by atoms with E-state index in [4.69, 9.17) is 5.11 Å². The van der Waals surface area contributed by atoms with E-state index in [-0.39, 0.29) is 24.1 Å². The number of carbonyl (C=O) groups excluding carboxylic acids is 1. The Hall–Kier alpha value is -2.36. The molecular formula is C22H30N4O2. The number of aliphatic hydroxyl groups is 1. The summed E-state index contributed by atoms with van der Waals surface area (Å²) in [6, 6.07) is 8.38. The second kappa shape index (κ2) is 9.72. The van der Waals surface area contributed by atoms with Crippen LogP contribution in [0.25, 0.3) is 0 Å². The highest BCUT2D eigenvalue weighted by molar-refractivity contribution is 5.97. The molecule has 2 aliphatic rings. The van der Waals surface area contributed by atoms with Gasteiger partial charge in [-0.3, -0.25) is 9.69 Å². The highest BCUT2D eigenvalue weighted by atomic mass is 16.3. The third-order valence-corrected chi connectivity index (χ3v) is 5.72. The van der Waals surface area contributed by atoms with Crippen molar-refractivity contribution in [1.82, 2.24) is 15.1 Å². The van der Waals surface area contributed by atoms with Crippen LogP contribution in [0.3, 0.4) is 0 Å². The van der Waals surface area contributed by atoms with Gasteiger partial charge in [0.05, 0.1) is 12.6 Å². The number of hydrogen-bond donors (Lipinski definition) is 2. The third kappa shape index (κ3) is 5.12. The Kier molecular flexibility index (Phi) is 7.07. The van der Waals surface area contributed by atoms with Gasteiger partial charge in [0.15, 0.2) is 0 Å². The fraction of sp³-hybridized carbons (Fsp3) is 0.545. The number of fused-ring (bicyclic) bond motifs is 1. The predicted molar refractivity (Wildman–Crippen MR) is 108 cm³/mol. The van der Waals surface area contributed by atoms with E-state index in [1.807, 2.05) is 17.9 Å². The van der Waals surface area contributed by atoms with Gasteiger partial charge in [-0.1, -0.05) is 18.2 Å². The van der Waals surface area contributed by atoms with Gasteiger partial charge in [0.2, 0.25) is 0 Å². The maximum atomic E-state index is 12.6. The number of amides is 1. The predicted octanol–water partition coefficient (Wildman–Crippen LogP) is 1.76. The van der Waals surface area contributed by atoms with Crippen molar-refractivity contribution >= 4 is 5.91 Å². The molecule has 6 nitrogen and oxygen atoms in total. The van der Waals surface area contributed by atoms with E-state index >= 15 is 0 Å². The van der Waals surface area contributed by atoms with Crippen LogP contribution >= 0.6 is 0 Å². The SMILES string of the molecule is CC(NC(=O)/C(C#N)=C\N1CCN(CCO)CC1)c1ccc2c(c1)CCCC2. The fourth-order valence-electron chi connectivity index (χ4n) is 3.96. The summed E-state index contributed by atoms with van der Waals surface area (Å²) in [5.41, 5.74) is 4.04. The molecule has 1 unspecified atom stereocenters. The van der Waals surface area contributed by atoms with Crippen LogP contribution in [0.2, 0.25) is 0 Å². The lowest BCUT2D eigenvalue weighted by Gasteiger charge is -2.33. The molecule has 1 saturated heterocycles. The van der Waals surface area contributed by atoms with Gasteiger partial charge in [0.25, 0.3) is 5.91 Å². The van der Waals surface area contributed by atoms with Crippen molar-refractivity contribution < 1.29 is 9.90 Å². The number of carbonyl (C=O) groups is 1. The number of piperazine rings is 1. The van der Waals surface area contributed by atoms with E-state index in [9.17, 15) is 10.1 Å². The van der Waals surface area contributed by atoms with Crippen molar-refractivity contribution in [2.75, 3.05) is 39.3 Å². The normalized spacial score (nSPS) is 18.9. The van der Waals surface area contributed by atoms with Crippen LogP contribution in [-0.4, -0.2) is 60.1 Å². The Morgan fingerprint density at radius 2 is 1.96 bits per heavy atom. The summed E-state index contributed by atoms with van der Waals surface area (Å²) in [4.78, 5) is 16.8. The largest absolute Gasteiger partial charge is 0.395 e. The first-order chi connectivity index (χ1) is 13.6. The zero-order chi connectivity index (χ0) is 19.9. The van der Waals surface area contributed by atoms with Crippen LogP contribution in [0.15, 0.2) is 30.0 Å². The fourth-order valence-corrected chi connectivity index (χ4v) is 3.96. The molecule has 1 aromatic carbocycles. The molecule has 3 rings (SSSR count). The Balaban J connectivity index is 1.60. The number of nitrogens with one attached hydrogen (secondary N) is 1. The molecule has 0 radical (unpaired) electrons. The minimum Gasteiger partial charge on any atom is -0.395 e. The summed E-state index contributed by atoms with van der Waals surface area (Å²) in [6.45, 7) is 5.93. The summed E-state index contributed by atoms with van der Waals surface area (Å²) >= 11 is 0. The van der Waals surface area contributed by atoms with Crippen molar-refractivity contribution in [1.29, 1.82) is 5.26 Å². The number of aliphatic hydroxyl groups excluding tert-OH is 1. The number of rotatable bonds is 6. The van der Waals surface area contributed by atoms with Gasteiger partial charge in [-0.05, 0) is 49.3 Å². The molecule has 0 spiro atoms. The molecule has 1 aliphatic carbocycles. The van der Waals surface area contributed by atoms with E-state index in [1.165, 1.54) is 24.0 Å². The topological polar surface area (TPSA) is 79.6 Å². The van der Waals surface area contributed by atoms with Gasteiger partial charge >= 0.3 is 0 Å².